The minimum absolute atomic E-state index is 0.0118. The van der Waals surface area contributed by atoms with Crippen LogP contribution >= 0.6 is 0 Å². The van der Waals surface area contributed by atoms with Crippen molar-refractivity contribution in [1.29, 1.82) is 0 Å². The first-order valence-electron chi connectivity index (χ1n) is 16.5. The van der Waals surface area contributed by atoms with Gasteiger partial charge in [-0.2, -0.15) is 0 Å². The van der Waals surface area contributed by atoms with Crippen LogP contribution in [0.2, 0.25) is 0 Å². The molecule has 5 nitrogen and oxygen atoms in total. The number of rotatable bonds is 15. The Hall–Kier alpha value is -3.86. The van der Waals surface area contributed by atoms with Crippen LogP contribution in [-0.4, -0.2) is 24.0 Å². The van der Waals surface area contributed by atoms with Gasteiger partial charge < -0.3 is 16.0 Å². The minimum Gasteiger partial charge on any atom is -0.384 e. The van der Waals surface area contributed by atoms with E-state index in [0.29, 0.717) is 5.56 Å². The van der Waals surface area contributed by atoms with Crippen molar-refractivity contribution in [1.82, 2.24) is 10.3 Å². The highest BCUT2D eigenvalue weighted by Crippen LogP contribution is 2.33. The summed E-state index contributed by atoms with van der Waals surface area (Å²) >= 11 is 0. The second-order valence-electron chi connectivity index (χ2n) is 12.1. The largest absolute Gasteiger partial charge is 0.384 e. The van der Waals surface area contributed by atoms with Crippen molar-refractivity contribution in [2.75, 3.05) is 23.7 Å². The monoisotopic (exact) mass is 576 g/mol. The van der Waals surface area contributed by atoms with Crippen LogP contribution in [0.15, 0.2) is 66.7 Å². The van der Waals surface area contributed by atoms with Crippen molar-refractivity contribution in [3.63, 3.8) is 0 Å². The molecule has 0 radical (unpaired) electrons. The fourth-order valence-corrected chi connectivity index (χ4v) is 6.22. The lowest BCUT2D eigenvalue weighted by Crippen LogP contribution is -2.25. The summed E-state index contributed by atoms with van der Waals surface area (Å²) in [7, 11) is 0. The Morgan fingerprint density at radius 2 is 1.40 bits per heavy atom. The number of fused-ring (bicyclic) bond motifs is 2. The number of unbranched alkanes of at least 4 members (excludes halogenated alkanes) is 7. The lowest BCUT2D eigenvalue weighted by Gasteiger charge is -2.21. The minimum atomic E-state index is -0.0118. The highest BCUT2D eigenvalue weighted by molar-refractivity contribution is 6.00. The third-order valence-electron chi connectivity index (χ3n) is 8.91. The second kappa shape index (κ2) is 15.6. The molecule has 0 spiro atoms. The Morgan fingerprint density at radius 1 is 0.721 bits per heavy atom. The zero-order valence-corrected chi connectivity index (χ0v) is 26.1. The van der Waals surface area contributed by atoms with E-state index in [2.05, 4.69) is 66.2 Å². The van der Waals surface area contributed by atoms with Gasteiger partial charge in [-0.1, -0.05) is 81.0 Å². The van der Waals surface area contributed by atoms with E-state index in [1.54, 1.807) is 0 Å². The zero-order chi connectivity index (χ0) is 29.9. The maximum Gasteiger partial charge on any atom is 0.253 e. The molecule has 0 aliphatic heterocycles. The first kappa shape index (κ1) is 30.6. The van der Waals surface area contributed by atoms with Gasteiger partial charge in [-0.05, 0) is 93.3 Å². The summed E-state index contributed by atoms with van der Waals surface area (Å²) in [5.41, 5.74) is 10.2. The SMILES string of the molecule is Cc1cccc(Nc2ccccc2C(=O)NCCCCCCCCCCNc2c3c(nc4ccccc24)CCCC3)c1C. The number of benzene rings is 3. The molecule has 1 amide bonds. The first-order chi connectivity index (χ1) is 21.1. The molecule has 4 aromatic rings. The van der Waals surface area contributed by atoms with E-state index in [1.165, 1.54) is 84.8 Å². The van der Waals surface area contributed by atoms with Crippen LogP contribution in [0, 0.1) is 13.8 Å². The van der Waals surface area contributed by atoms with Crippen LogP contribution in [0.3, 0.4) is 0 Å². The van der Waals surface area contributed by atoms with Crippen LogP contribution in [0.4, 0.5) is 17.1 Å². The highest BCUT2D eigenvalue weighted by Gasteiger charge is 2.17. The molecule has 226 valence electrons. The van der Waals surface area contributed by atoms with E-state index in [9.17, 15) is 4.79 Å². The molecule has 5 heteroatoms. The average Bonchev–Trinajstić information content (AvgIpc) is 3.03. The number of nitrogens with zero attached hydrogens (tertiary/aromatic N) is 1. The molecule has 0 bridgehead atoms. The number of aromatic nitrogens is 1. The third-order valence-corrected chi connectivity index (χ3v) is 8.91. The molecule has 0 saturated heterocycles. The first-order valence-corrected chi connectivity index (χ1v) is 16.5. The van der Waals surface area contributed by atoms with Crippen molar-refractivity contribution in [3.8, 4) is 0 Å². The summed E-state index contributed by atoms with van der Waals surface area (Å²) in [5.74, 6) is -0.0118. The summed E-state index contributed by atoms with van der Waals surface area (Å²) in [6, 6.07) is 22.6. The van der Waals surface area contributed by atoms with E-state index < -0.39 is 0 Å². The predicted octanol–water partition coefficient (Wildman–Crippen LogP) is 9.44. The van der Waals surface area contributed by atoms with E-state index in [0.717, 1.165) is 55.7 Å². The predicted molar refractivity (Wildman–Crippen MR) is 182 cm³/mol. The van der Waals surface area contributed by atoms with E-state index >= 15 is 0 Å². The third kappa shape index (κ3) is 8.16. The Balaban J connectivity index is 0.949. The van der Waals surface area contributed by atoms with Gasteiger partial charge >= 0.3 is 0 Å². The van der Waals surface area contributed by atoms with Gasteiger partial charge in [0.2, 0.25) is 0 Å². The van der Waals surface area contributed by atoms with Gasteiger partial charge in [-0.25, -0.2) is 0 Å². The summed E-state index contributed by atoms with van der Waals surface area (Å²) in [4.78, 5) is 17.9. The molecule has 43 heavy (non-hydrogen) atoms. The van der Waals surface area contributed by atoms with Gasteiger partial charge in [-0.3, -0.25) is 9.78 Å². The molecular weight excluding hydrogens is 528 g/mol. The molecule has 0 atom stereocenters. The molecule has 3 N–H and O–H groups in total. The number of hydrogen-bond donors (Lipinski definition) is 3. The molecular formula is C38H48N4O. The number of carbonyl (C=O) groups excluding carboxylic acids is 1. The number of nitrogens with one attached hydrogen (secondary N) is 3. The van der Waals surface area contributed by atoms with E-state index in [4.69, 9.17) is 4.98 Å². The Labute approximate surface area is 257 Å². The number of para-hydroxylation sites is 2. The maximum atomic E-state index is 12.9. The van der Waals surface area contributed by atoms with Gasteiger partial charge in [0.25, 0.3) is 5.91 Å². The van der Waals surface area contributed by atoms with Crippen molar-refractivity contribution in [2.45, 2.75) is 90.9 Å². The summed E-state index contributed by atoms with van der Waals surface area (Å²) in [6.07, 6.45) is 14.5. The van der Waals surface area contributed by atoms with Crippen molar-refractivity contribution < 1.29 is 4.79 Å². The molecule has 0 unspecified atom stereocenters. The topological polar surface area (TPSA) is 66.1 Å². The number of aryl methyl sites for hydroxylation is 2. The van der Waals surface area contributed by atoms with Crippen LogP contribution in [0.5, 0.6) is 0 Å². The summed E-state index contributed by atoms with van der Waals surface area (Å²) in [6.45, 7) is 5.96. The molecule has 1 aliphatic carbocycles. The molecule has 1 aliphatic rings. The van der Waals surface area contributed by atoms with E-state index in [-0.39, 0.29) is 5.91 Å². The summed E-state index contributed by atoms with van der Waals surface area (Å²) < 4.78 is 0. The normalized spacial score (nSPS) is 12.6. The Kier molecular flexibility index (Phi) is 11.1. The molecule has 1 heterocycles. The zero-order valence-electron chi connectivity index (χ0n) is 26.1. The van der Waals surface area contributed by atoms with Crippen molar-refractivity contribution >= 4 is 33.9 Å². The lowest BCUT2D eigenvalue weighted by molar-refractivity contribution is 0.0953. The lowest BCUT2D eigenvalue weighted by atomic mass is 9.92. The van der Waals surface area contributed by atoms with Gasteiger partial charge in [0.15, 0.2) is 0 Å². The van der Waals surface area contributed by atoms with Gasteiger partial charge in [0, 0.05) is 35.5 Å². The average molecular weight is 577 g/mol. The van der Waals surface area contributed by atoms with Gasteiger partial charge in [0.05, 0.1) is 16.8 Å². The van der Waals surface area contributed by atoms with Crippen molar-refractivity contribution in [2.24, 2.45) is 0 Å². The quantitative estimate of drug-likeness (QED) is 0.123. The number of pyridine rings is 1. The van der Waals surface area contributed by atoms with Crippen LogP contribution in [0.25, 0.3) is 10.9 Å². The Bertz CT molecular complexity index is 1510. The highest BCUT2D eigenvalue weighted by atomic mass is 16.1. The molecule has 0 saturated carbocycles. The molecule has 5 rings (SSSR count). The smallest absolute Gasteiger partial charge is 0.253 e. The maximum absolute atomic E-state index is 12.9. The van der Waals surface area contributed by atoms with Gasteiger partial charge in [0.1, 0.15) is 0 Å². The number of amides is 1. The number of carbonyl (C=O) groups is 1. The molecule has 3 aromatic carbocycles. The second-order valence-corrected chi connectivity index (χ2v) is 12.1. The van der Waals surface area contributed by atoms with E-state index in [1.807, 2.05) is 30.3 Å². The fraction of sp³-hybridized carbons (Fsp3) is 0.421. The van der Waals surface area contributed by atoms with Crippen LogP contribution in [-0.2, 0) is 12.8 Å². The Morgan fingerprint density at radius 3 is 2.23 bits per heavy atom. The van der Waals surface area contributed by atoms with Crippen LogP contribution in [0.1, 0.15) is 97.0 Å². The fourth-order valence-electron chi connectivity index (χ4n) is 6.22. The molecule has 1 aromatic heterocycles. The number of hydrogen-bond acceptors (Lipinski definition) is 4. The van der Waals surface area contributed by atoms with Gasteiger partial charge in [-0.15, -0.1) is 0 Å². The van der Waals surface area contributed by atoms with Crippen molar-refractivity contribution in [3.05, 3.63) is 94.7 Å². The number of anilines is 3. The standard InChI is InChI=1S/C38H48N4O/c1-28-18-17-25-33(29(28)2)41-36-24-14-11-21-32(36)38(43)40-27-16-8-6-4-3-5-7-15-26-39-37-30-19-9-12-22-34(30)42-35-23-13-10-20-31(35)37/h9,11-12,14,17-19,21-22,24-25,41H,3-8,10,13,15-16,20,23,26-27H2,1-2H3,(H,39,42)(H,40,43). The van der Waals surface area contributed by atoms with Crippen LogP contribution < -0.4 is 16.0 Å². The summed E-state index contributed by atoms with van der Waals surface area (Å²) in [5, 5.41) is 11.7. The molecule has 0 fully saturated rings.